The molecule has 2 aromatic rings. The highest BCUT2D eigenvalue weighted by molar-refractivity contribution is 6.30. The summed E-state index contributed by atoms with van der Waals surface area (Å²) in [4.78, 5) is 31.3. The Kier molecular flexibility index (Phi) is 6.67. The van der Waals surface area contributed by atoms with Crippen molar-refractivity contribution in [3.8, 4) is 0 Å². The fraction of sp³-hybridized carbons (Fsp3) is 0.333. The van der Waals surface area contributed by atoms with Crippen LogP contribution in [0.2, 0.25) is 5.02 Å². The molecule has 1 aliphatic heterocycles. The zero-order valence-corrected chi connectivity index (χ0v) is 18.8. The van der Waals surface area contributed by atoms with Crippen LogP contribution >= 0.6 is 11.6 Å². The van der Waals surface area contributed by atoms with Gasteiger partial charge < -0.3 is 15.6 Å². The van der Waals surface area contributed by atoms with Gasteiger partial charge in [-0.1, -0.05) is 11.6 Å². The van der Waals surface area contributed by atoms with Crippen LogP contribution in [0.15, 0.2) is 47.8 Å². The Morgan fingerprint density at radius 2 is 1.94 bits per heavy atom. The van der Waals surface area contributed by atoms with E-state index in [2.05, 4.69) is 15.2 Å². The fourth-order valence-electron chi connectivity index (χ4n) is 3.91. The third-order valence-corrected chi connectivity index (χ3v) is 6.11. The van der Waals surface area contributed by atoms with Crippen LogP contribution in [0, 0.1) is 5.41 Å². The number of pyridine rings is 1. The number of carbonyl (C=O) groups is 2. The summed E-state index contributed by atoms with van der Waals surface area (Å²) in [6.07, 6.45) is 6.07. The number of hydrogen-bond donors (Lipinski definition) is 3. The van der Waals surface area contributed by atoms with Crippen LogP contribution in [0.1, 0.15) is 44.1 Å². The van der Waals surface area contributed by atoms with Gasteiger partial charge in [0.25, 0.3) is 5.91 Å². The first-order valence-corrected chi connectivity index (χ1v) is 11.2. The SMILES string of the molecule is C/C([NH2+]c1ccc(Cl)cc1)=C(/C=N)C(=O)Nc1cnc(N2CCC(=O)CC2)c(C2CC2)c1. The van der Waals surface area contributed by atoms with E-state index in [1.165, 1.54) is 0 Å². The zero-order chi connectivity index (χ0) is 22.7. The number of hydrogen-bond acceptors (Lipinski definition) is 5. The second-order valence-electron chi connectivity index (χ2n) is 8.33. The number of halogens is 1. The van der Waals surface area contributed by atoms with Gasteiger partial charge in [-0.15, -0.1) is 0 Å². The lowest BCUT2D eigenvalue weighted by Gasteiger charge is -2.29. The summed E-state index contributed by atoms with van der Waals surface area (Å²) in [7, 11) is 0. The van der Waals surface area contributed by atoms with Crippen molar-refractivity contribution in [2.75, 3.05) is 23.3 Å². The van der Waals surface area contributed by atoms with Gasteiger partial charge in [0.05, 0.1) is 11.9 Å². The van der Waals surface area contributed by atoms with Crippen LogP contribution in [0.3, 0.4) is 0 Å². The van der Waals surface area contributed by atoms with Crippen molar-refractivity contribution in [1.82, 2.24) is 4.98 Å². The molecule has 4 rings (SSSR count). The summed E-state index contributed by atoms with van der Waals surface area (Å²) >= 11 is 5.94. The average molecular weight is 453 g/mol. The number of piperidine rings is 1. The molecular weight excluding hydrogens is 426 g/mol. The number of aromatic nitrogens is 1. The number of rotatable bonds is 7. The van der Waals surface area contributed by atoms with Gasteiger partial charge in [0.15, 0.2) is 0 Å². The van der Waals surface area contributed by atoms with Crippen molar-refractivity contribution in [2.45, 2.75) is 38.5 Å². The second-order valence-corrected chi connectivity index (χ2v) is 8.76. The lowest BCUT2D eigenvalue weighted by atomic mass is 10.1. The minimum atomic E-state index is -0.345. The Bertz CT molecular complexity index is 1070. The van der Waals surface area contributed by atoms with Crippen molar-refractivity contribution in [3.63, 3.8) is 0 Å². The van der Waals surface area contributed by atoms with Crippen molar-refractivity contribution < 1.29 is 14.9 Å². The maximum absolute atomic E-state index is 12.9. The topological polar surface area (TPSA) is 103 Å². The molecule has 0 unspecified atom stereocenters. The van der Waals surface area contributed by atoms with E-state index in [0.717, 1.165) is 36.1 Å². The minimum Gasteiger partial charge on any atom is -0.355 e. The molecule has 1 amide bonds. The first-order chi connectivity index (χ1) is 15.4. The molecule has 166 valence electrons. The van der Waals surface area contributed by atoms with E-state index in [9.17, 15) is 9.59 Å². The molecule has 0 atom stereocenters. The Morgan fingerprint density at radius 1 is 1.25 bits per heavy atom. The van der Waals surface area contributed by atoms with Crippen LogP contribution in [0.5, 0.6) is 0 Å². The highest BCUT2D eigenvalue weighted by atomic mass is 35.5. The number of nitrogens with one attached hydrogen (secondary N) is 2. The van der Waals surface area contributed by atoms with Crippen LogP contribution in [0.25, 0.3) is 0 Å². The van der Waals surface area contributed by atoms with Gasteiger partial charge in [0.1, 0.15) is 28.6 Å². The Labute approximate surface area is 192 Å². The number of amides is 1. The smallest absolute Gasteiger partial charge is 0.262 e. The molecule has 4 N–H and O–H groups in total. The summed E-state index contributed by atoms with van der Waals surface area (Å²) in [5.74, 6) is 1.33. The van der Waals surface area contributed by atoms with Gasteiger partial charge in [-0.2, -0.15) is 0 Å². The number of quaternary nitrogens is 1. The quantitative estimate of drug-likeness (QED) is 0.339. The average Bonchev–Trinajstić information content (AvgIpc) is 3.62. The number of allylic oxidation sites excluding steroid dienone is 1. The number of Topliss-reactive ketones (excluding diaryl/α,β-unsaturated/α-hetero) is 1. The van der Waals surface area contributed by atoms with Crippen molar-refractivity contribution >= 4 is 46.7 Å². The maximum Gasteiger partial charge on any atom is 0.262 e. The van der Waals surface area contributed by atoms with Crippen molar-refractivity contribution in [2.24, 2.45) is 0 Å². The molecular formula is C24H27ClN5O2+. The van der Waals surface area contributed by atoms with E-state index in [0.29, 0.717) is 54.0 Å². The number of nitrogens with two attached hydrogens (primary N) is 1. The van der Waals surface area contributed by atoms with Crippen LogP contribution < -0.4 is 15.5 Å². The maximum atomic E-state index is 12.9. The molecule has 1 saturated heterocycles. The van der Waals surface area contributed by atoms with E-state index in [-0.39, 0.29) is 11.5 Å². The van der Waals surface area contributed by atoms with E-state index in [4.69, 9.17) is 17.0 Å². The fourth-order valence-corrected chi connectivity index (χ4v) is 4.04. The standard InChI is InChI=1S/C24H26ClN5O2/c1-15(28-18-6-4-17(25)5-7-18)22(13-26)24(32)29-19-12-21(16-2-3-16)23(27-14-19)30-10-8-20(31)9-11-30/h4-7,12-14,16,26,28H,2-3,8-11H2,1H3,(H,29,32)/p+1/b22-15+,26-13?. The third kappa shape index (κ3) is 5.23. The van der Waals surface area contributed by atoms with E-state index in [1.807, 2.05) is 30.4 Å². The van der Waals surface area contributed by atoms with Gasteiger partial charge in [0.2, 0.25) is 0 Å². The predicted octanol–water partition coefficient (Wildman–Crippen LogP) is 3.54. The van der Waals surface area contributed by atoms with Crippen molar-refractivity contribution in [1.29, 1.82) is 5.41 Å². The largest absolute Gasteiger partial charge is 0.355 e. The molecule has 7 nitrogen and oxygen atoms in total. The predicted molar refractivity (Wildman–Crippen MR) is 126 cm³/mol. The molecule has 8 heteroatoms. The molecule has 1 aromatic carbocycles. The number of nitrogens with zero attached hydrogens (tertiary/aromatic N) is 2. The molecule has 1 saturated carbocycles. The van der Waals surface area contributed by atoms with Gasteiger partial charge in [-0.05, 0) is 42.5 Å². The number of benzene rings is 1. The first-order valence-electron chi connectivity index (χ1n) is 10.8. The lowest BCUT2D eigenvalue weighted by Crippen LogP contribution is -2.75. The van der Waals surface area contributed by atoms with E-state index in [1.54, 1.807) is 18.3 Å². The van der Waals surface area contributed by atoms with Crippen LogP contribution in [-0.2, 0) is 9.59 Å². The molecule has 0 spiro atoms. The Morgan fingerprint density at radius 3 is 2.56 bits per heavy atom. The van der Waals surface area contributed by atoms with Gasteiger partial charge >= 0.3 is 0 Å². The molecule has 1 aliphatic carbocycles. The summed E-state index contributed by atoms with van der Waals surface area (Å²) < 4.78 is 0. The van der Waals surface area contributed by atoms with Crippen LogP contribution in [0.4, 0.5) is 17.2 Å². The monoisotopic (exact) mass is 452 g/mol. The summed E-state index contributed by atoms with van der Waals surface area (Å²) in [6, 6.07) is 9.30. The minimum absolute atomic E-state index is 0.284. The third-order valence-electron chi connectivity index (χ3n) is 5.86. The highest BCUT2D eigenvalue weighted by Crippen LogP contribution is 2.44. The number of anilines is 2. The zero-order valence-electron chi connectivity index (χ0n) is 18.0. The number of carbonyl (C=O) groups excluding carboxylic acids is 2. The van der Waals surface area contributed by atoms with E-state index >= 15 is 0 Å². The summed E-state index contributed by atoms with van der Waals surface area (Å²) in [5, 5.41) is 13.2. The lowest BCUT2D eigenvalue weighted by molar-refractivity contribution is -0.517. The summed E-state index contributed by atoms with van der Waals surface area (Å²) in [6.45, 7) is 3.19. The van der Waals surface area contributed by atoms with Crippen LogP contribution in [-0.4, -0.2) is 36.0 Å². The normalized spacial score (nSPS) is 17.1. The van der Waals surface area contributed by atoms with Crippen molar-refractivity contribution in [3.05, 3.63) is 58.4 Å². The summed E-state index contributed by atoms with van der Waals surface area (Å²) in [5.41, 5.74) is 3.62. The molecule has 0 bridgehead atoms. The first kappa shape index (κ1) is 22.2. The molecule has 2 aliphatic rings. The Hall–Kier alpha value is -3.03. The molecule has 2 heterocycles. The van der Waals surface area contributed by atoms with Gasteiger partial charge in [0, 0.05) is 56.2 Å². The van der Waals surface area contributed by atoms with Gasteiger partial charge in [-0.25, -0.2) is 4.98 Å². The second kappa shape index (κ2) is 9.63. The molecule has 32 heavy (non-hydrogen) atoms. The molecule has 0 radical (unpaired) electrons. The van der Waals surface area contributed by atoms with E-state index < -0.39 is 0 Å². The Balaban J connectivity index is 1.51. The molecule has 2 fully saturated rings. The number of ketones is 1. The molecule has 1 aromatic heterocycles. The van der Waals surface area contributed by atoms with Gasteiger partial charge in [-0.3, -0.25) is 14.9 Å². The highest BCUT2D eigenvalue weighted by Gasteiger charge is 2.30.